The van der Waals surface area contributed by atoms with Crippen LogP contribution in [0.3, 0.4) is 0 Å². The van der Waals surface area contributed by atoms with Gasteiger partial charge in [-0.05, 0) is 74.0 Å². The van der Waals surface area contributed by atoms with Crippen molar-refractivity contribution in [2.24, 2.45) is 17.8 Å². The minimum Gasteiger partial charge on any atom is -0.459 e. The second-order valence-corrected chi connectivity index (χ2v) is 11.9. The number of ether oxygens (including phenoxy) is 1. The van der Waals surface area contributed by atoms with Gasteiger partial charge in [0.1, 0.15) is 6.10 Å². The minimum atomic E-state index is -0.430. The van der Waals surface area contributed by atoms with Crippen LogP contribution in [-0.2, 0) is 4.74 Å². The van der Waals surface area contributed by atoms with E-state index in [1.165, 1.54) is 19.3 Å². The van der Waals surface area contributed by atoms with E-state index in [4.69, 9.17) is 22.7 Å². The van der Waals surface area contributed by atoms with Gasteiger partial charge in [0.2, 0.25) is 0 Å². The normalized spacial score (nSPS) is 24.3. The number of thiocarbonyl (C=S) groups is 1. The number of anilines is 1. The molecule has 0 aromatic heterocycles. The third kappa shape index (κ3) is 4.27. The first-order chi connectivity index (χ1) is 18.3. The Hall–Kier alpha value is -3.31. The minimum absolute atomic E-state index is 0.107. The summed E-state index contributed by atoms with van der Waals surface area (Å²) < 4.78 is 6.12. The lowest BCUT2D eigenvalue weighted by atomic mass is 9.67. The van der Waals surface area contributed by atoms with Gasteiger partial charge in [0.15, 0.2) is 5.78 Å². The Kier molecular flexibility index (Phi) is 6.43. The SMILES string of the molecule is Cc1ccc(-c2cc(C(=O)OC3CCC4CC(C)CCC4C3)c(N)c3c2C(=O)c2ccccc2C3=S)cc1. The molecule has 2 N–H and O–H groups in total. The van der Waals surface area contributed by atoms with Gasteiger partial charge in [-0.15, -0.1) is 0 Å². The number of carbonyl (C=O) groups is 2. The van der Waals surface area contributed by atoms with Crippen molar-refractivity contribution < 1.29 is 14.3 Å². The molecule has 5 heteroatoms. The number of fused-ring (bicyclic) bond motifs is 3. The number of rotatable bonds is 3. The first-order valence-electron chi connectivity index (χ1n) is 13.7. The summed E-state index contributed by atoms with van der Waals surface area (Å²) in [6.07, 6.45) is 6.57. The summed E-state index contributed by atoms with van der Waals surface area (Å²) in [6.45, 7) is 4.36. The molecular weight excluding hydrogens is 490 g/mol. The van der Waals surface area contributed by atoms with Gasteiger partial charge in [0.05, 0.1) is 16.1 Å². The number of nitrogens with two attached hydrogens (primary N) is 1. The van der Waals surface area contributed by atoms with Crippen molar-refractivity contribution in [1.82, 2.24) is 0 Å². The number of hydrogen-bond donors (Lipinski definition) is 1. The highest BCUT2D eigenvalue weighted by Crippen LogP contribution is 2.44. The lowest BCUT2D eigenvalue weighted by Gasteiger charge is -2.41. The number of carbonyl (C=O) groups excluding carboxylic acids is 2. The Bertz CT molecular complexity index is 1460. The van der Waals surface area contributed by atoms with Crippen LogP contribution >= 0.6 is 12.2 Å². The lowest BCUT2D eigenvalue weighted by molar-refractivity contribution is -0.00482. The maximum atomic E-state index is 13.8. The van der Waals surface area contributed by atoms with Crippen LogP contribution in [0.15, 0.2) is 54.6 Å². The van der Waals surface area contributed by atoms with Crippen LogP contribution in [0.4, 0.5) is 5.69 Å². The number of hydrogen-bond acceptors (Lipinski definition) is 5. The molecule has 0 bridgehead atoms. The van der Waals surface area contributed by atoms with Crippen molar-refractivity contribution in [2.45, 2.75) is 58.5 Å². The molecule has 2 fully saturated rings. The zero-order valence-electron chi connectivity index (χ0n) is 22.0. The van der Waals surface area contributed by atoms with Gasteiger partial charge in [-0.1, -0.05) is 79.7 Å². The molecule has 3 aliphatic rings. The standard InChI is InChI=1S/C33H33NO3S/c1-18-7-10-20(11-8-18)26-17-27(33(36)37-23-14-13-21-15-19(2)9-12-22(21)16-23)30(34)29-28(26)31(35)24-5-3-4-6-25(24)32(29)38/h3-8,10-11,17,19,21-23H,9,12-16,34H2,1-2H3. The topological polar surface area (TPSA) is 69.4 Å². The van der Waals surface area contributed by atoms with Crippen molar-refractivity contribution in [3.8, 4) is 11.1 Å². The van der Waals surface area contributed by atoms with Crippen LogP contribution in [0.25, 0.3) is 11.1 Å². The molecule has 0 radical (unpaired) electrons. The molecule has 3 aliphatic carbocycles. The number of benzene rings is 3. The molecule has 38 heavy (non-hydrogen) atoms. The second-order valence-electron chi connectivity index (χ2n) is 11.5. The van der Waals surface area contributed by atoms with Crippen molar-refractivity contribution >= 4 is 34.5 Å². The van der Waals surface area contributed by atoms with Gasteiger partial charge >= 0.3 is 5.97 Å². The monoisotopic (exact) mass is 523 g/mol. The maximum absolute atomic E-state index is 13.8. The van der Waals surface area contributed by atoms with E-state index in [-0.39, 0.29) is 23.1 Å². The van der Waals surface area contributed by atoms with E-state index >= 15 is 0 Å². The fourth-order valence-corrected chi connectivity index (χ4v) is 7.24. The van der Waals surface area contributed by atoms with Crippen molar-refractivity contribution in [2.75, 3.05) is 5.73 Å². The largest absolute Gasteiger partial charge is 0.459 e. The Labute approximate surface area is 229 Å². The van der Waals surface area contributed by atoms with Crippen LogP contribution in [0, 0.1) is 24.7 Å². The molecule has 4 nitrogen and oxygen atoms in total. The lowest BCUT2D eigenvalue weighted by Crippen LogP contribution is -2.35. The van der Waals surface area contributed by atoms with Gasteiger partial charge in [0, 0.05) is 22.3 Å². The summed E-state index contributed by atoms with van der Waals surface area (Å²) >= 11 is 5.88. The molecule has 0 aliphatic heterocycles. The molecule has 2 saturated carbocycles. The second kappa shape index (κ2) is 9.77. The van der Waals surface area contributed by atoms with Crippen LogP contribution in [0.2, 0.25) is 0 Å². The number of aryl methyl sites for hydroxylation is 1. The summed E-state index contributed by atoms with van der Waals surface area (Å²) in [4.78, 5) is 28.0. The molecule has 3 aromatic carbocycles. The summed E-state index contributed by atoms with van der Waals surface area (Å²) in [6, 6.07) is 17.0. The smallest absolute Gasteiger partial charge is 0.340 e. The van der Waals surface area contributed by atoms with Gasteiger partial charge in [-0.3, -0.25) is 4.79 Å². The van der Waals surface area contributed by atoms with Crippen molar-refractivity contribution in [3.05, 3.63) is 88.0 Å². The van der Waals surface area contributed by atoms with Gasteiger partial charge in [-0.2, -0.15) is 0 Å². The Balaban J connectivity index is 1.40. The van der Waals surface area contributed by atoms with Crippen molar-refractivity contribution in [3.63, 3.8) is 0 Å². The Morgan fingerprint density at radius 3 is 2.34 bits per heavy atom. The van der Waals surface area contributed by atoms with Crippen molar-refractivity contribution in [1.29, 1.82) is 0 Å². The molecule has 4 unspecified atom stereocenters. The van der Waals surface area contributed by atoms with Gasteiger partial charge in [0.25, 0.3) is 0 Å². The van der Waals surface area contributed by atoms with E-state index in [0.29, 0.717) is 38.6 Å². The number of ketones is 1. The van der Waals surface area contributed by atoms with Crippen LogP contribution in [0.1, 0.15) is 88.4 Å². The highest BCUT2D eigenvalue weighted by atomic mass is 32.1. The van der Waals surface area contributed by atoms with Crippen LogP contribution in [0.5, 0.6) is 0 Å². The van der Waals surface area contributed by atoms with E-state index in [9.17, 15) is 9.59 Å². The molecular formula is C33H33NO3S. The van der Waals surface area contributed by atoms with Crippen LogP contribution in [-0.4, -0.2) is 22.7 Å². The fraction of sp³-hybridized carbons (Fsp3) is 0.364. The summed E-state index contributed by atoms with van der Waals surface area (Å²) in [5.74, 6) is 1.61. The van der Waals surface area contributed by atoms with E-state index in [1.54, 1.807) is 12.1 Å². The zero-order valence-corrected chi connectivity index (χ0v) is 22.8. The molecule has 4 atom stereocenters. The summed E-state index contributed by atoms with van der Waals surface area (Å²) in [5.41, 5.74) is 12.0. The van der Waals surface area contributed by atoms with Crippen LogP contribution < -0.4 is 5.73 Å². The number of esters is 1. The summed E-state index contributed by atoms with van der Waals surface area (Å²) in [5, 5.41) is 0. The van der Waals surface area contributed by atoms with Gasteiger partial charge < -0.3 is 10.5 Å². The third-order valence-corrected chi connectivity index (χ3v) is 9.35. The quantitative estimate of drug-likeness (QED) is 0.173. The molecule has 6 rings (SSSR count). The first-order valence-corrected chi connectivity index (χ1v) is 14.2. The average Bonchev–Trinajstić information content (AvgIpc) is 2.92. The van der Waals surface area contributed by atoms with E-state index in [0.717, 1.165) is 42.2 Å². The highest BCUT2D eigenvalue weighted by molar-refractivity contribution is 7.81. The summed E-state index contributed by atoms with van der Waals surface area (Å²) in [7, 11) is 0. The molecule has 0 saturated heterocycles. The third-order valence-electron chi connectivity index (χ3n) is 8.92. The average molecular weight is 524 g/mol. The molecule has 3 aromatic rings. The zero-order chi connectivity index (χ0) is 26.6. The predicted molar refractivity (Wildman–Crippen MR) is 155 cm³/mol. The predicted octanol–water partition coefficient (Wildman–Crippen LogP) is 7.32. The highest BCUT2D eigenvalue weighted by Gasteiger charge is 2.37. The van der Waals surface area contributed by atoms with E-state index in [2.05, 4.69) is 6.92 Å². The Morgan fingerprint density at radius 2 is 1.58 bits per heavy atom. The van der Waals surface area contributed by atoms with Gasteiger partial charge in [-0.25, -0.2) is 4.79 Å². The van der Waals surface area contributed by atoms with E-state index in [1.807, 2.05) is 49.4 Å². The molecule has 0 heterocycles. The maximum Gasteiger partial charge on any atom is 0.340 e. The fourth-order valence-electron chi connectivity index (χ4n) is 6.85. The number of nitrogen functional groups attached to an aromatic ring is 1. The Morgan fingerprint density at radius 1 is 0.895 bits per heavy atom. The molecule has 0 amide bonds. The first kappa shape index (κ1) is 25.0. The molecule has 0 spiro atoms. The molecule has 194 valence electrons. The van der Waals surface area contributed by atoms with E-state index < -0.39 is 5.97 Å².